The molecule has 32 heavy (non-hydrogen) atoms. The molecule has 1 N–H and O–H groups in total. The maximum Gasteiger partial charge on any atom is 0.234 e. The van der Waals surface area contributed by atoms with Gasteiger partial charge < -0.3 is 10.1 Å². The summed E-state index contributed by atoms with van der Waals surface area (Å²) in [4.78, 5) is 16.7. The Morgan fingerprint density at radius 2 is 1.81 bits per heavy atom. The van der Waals surface area contributed by atoms with E-state index in [1.165, 1.54) is 17.3 Å². The number of rotatable bonds is 7. The van der Waals surface area contributed by atoms with Crippen LogP contribution >= 0.6 is 11.8 Å². The van der Waals surface area contributed by atoms with Crippen molar-refractivity contribution in [3.63, 3.8) is 0 Å². The smallest absolute Gasteiger partial charge is 0.234 e. The summed E-state index contributed by atoms with van der Waals surface area (Å²) in [5, 5.41) is 12.3. The van der Waals surface area contributed by atoms with Gasteiger partial charge in [-0.05, 0) is 61.4 Å². The van der Waals surface area contributed by atoms with Crippen molar-refractivity contribution in [3.05, 3.63) is 78.1 Å². The van der Waals surface area contributed by atoms with Gasteiger partial charge in [0.25, 0.3) is 0 Å². The van der Waals surface area contributed by atoms with Gasteiger partial charge in [0.15, 0.2) is 11.0 Å². The highest BCUT2D eigenvalue weighted by atomic mass is 32.2. The van der Waals surface area contributed by atoms with Gasteiger partial charge in [-0.2, -0.15) is 0 Å². The zero-order valence-corrected chi connectivity index (χ0v) is 18.9. The van der Waals surface area contributed by atoms with Crippen molar-refractivity contribution in [2.75, 3.05) is 18.2 Å². The lowest BCUT2D eigenvalue weighted by molar-refractivity contribution is -0.113. The summed E-state index contributed by atoms with van der Waals surface area (Å²) in [7, 11) is 1.62. The minimum atomic E-state index is -0.113. The topological polar surface area (TPSA) is 81.9 Å². The van der Waals surface area contributed by atoms with E-state index in [1.54, 1.807) is 19.5 Å². The number of aromatic nitrogens is 4. The summed E-state index contributed by atoms with van der Waals surface area (Å²) in [6, 6.07) is 17.3. The van der Waals surface area contributed by atoms with Gasteiger partial charge in [-0.25, -0.2) is 0 Å². The third-order valence-electron chi connectivity index (χ3n) is 5.02. The van der Waals surface area contributed by atoms with Gasteiger partial charge in [0.1, 0.15) is 5.75 Å². The highest BCUT2D eigenvalue weighted by Gasteiger charge is 2.19. The number of para-hydroxylation sites is 2. The quantitative estimate of drug-likeness (QED) is 0.416. The zero-order valence-electron chi connectivity index (χ0n) is 18.1. The average Bonchev–Trinajstić information content (AvgIpc) is 3.24. The van der Waals surface area contributed by atoms with Crippen molar-refractivity contribution in [2.45, 2.75) is 19.0 Å². The van der Waals surface area contributed by atoms with E-state index in [1.807, 2.05) is 73.0 Å². The van der Waals surface area contributed by atoms with Crippen LogP contribution in [-0.4, -0.2) is 38.5 Å². The molecule has 0 unspecified atom stereocenters. The minimum absolute atomic E-state index is 0.113. The van der Waals surface area contributed by atoms with Crippen molar-refractivity contribution >= 4 is 23.4 Å². The number of anilines is 1. The van der Waals surface area contributed by atoms with E-state index >= 15 is 0 Å². The summed E-state index contributed by atoms with van der Waals surface area (Å²) in [6.07, 6.45) is 3.42. The van der Waals surface area contributed by atoms with Crippen LogP contribution in [0.15, 0.2) is 72.1 Å². The number of hydrogen-bond donors (Lipinski definition) is 1. The van der Waals surface area contributed by atoms with Crippen molar-refractivity contribution in [3.8, 4) is 22.8 Å². The predicted octanol–water partition coefficient (Wildman–Crippen LogP) is 4.69. The number of hydrogen-bond acceptors (Lipinski definition) is 6. The monoisotopic (exact) mass is 445 g/mol. The second kappa shape index (κ2) is 9.65. The molecular formula is C24H23N5O2S. The maximum absolute atomic E-state index is 12.6. The summed E-state index contributed by atoms with van der Waals surface area (Å²) in [5.41, 5.74) is 4.76. The molecule has 7 nitrogen and oxygen atoms in total. The van der Waals surface area contributed by atoms with Crippen molar-refractivity contribution in [2.24, 2.45) is 0 Å². The van der Waals surface area contributed by atoms with E-state index in [-0.39, 0.29) is 11.7 Å². The van der Waals surface area contributed by atoms with Gasteiger partial charge in [0.2, 0.25) is 5.91 Å². The predicted molar refractivity (Wildman–Crippen MR) is 126 cm³/mol. The molecule has 0 fully saturated rings. The van der Waals surface area contributed by atoms with Gasteiger partial charge in [0.05, 0.1) is 18.6 Å². The molecule has 0 aliphatic heterocycles. The summed E-state index contributed by atoms with van der Waals surface area (Å²) >= 11 is 1.32. The Morgan fingerprint density at radius 1 is 1.03 bits per heavy atom. The molecule has 2 heterocycles. The van der Waals surface area contributed by atoms with E-state index in [9.17, 15) is 4.79 Å². The molecule has 0 atom stereocenters. The number of nitrogens with one attached hydrogen (secondary N) is 1. The Bertz CT molecular complexity index is 1240. The fourth-order valence-electron chi connectivity index (χ4n) is 3.23. The van der Waals surface area contributed by atoms with Crippen molar-refractivity contribution in [1.29, 1.82) is 0 Å². The Kier molecular flexibility index (Phi) is 6.51. The lowest BCUT2D eigenvalue weighted by atomic mass is 10.1. The van der Waals surface area contributed by atoms with Crippen LogP contribution < -0.4 is 10.1 Å². The molecule has 4 aromatic rings. The van der Waals surface area contributed by atoms with E-state index in [4.69, 9.17) is 4.74 Å². The Labute approximate surface area is 190 Å². The molecule has 2 aromatic carbocycles. The molecule has 8 heteroatoms. The molecule has 0 spiro atoms. The van der Waals surface area contributed by atoms with Crippen LogP contribution in [0.1, 0.15) is 11.1 Å². The fraction of sp³-hybridized carbons (Fsp3) is 0.167. The number of thioether (sulfide) groups is 1. The van der Waals surface area contributed by atoms with E-state index in [0.717, 1.165) is 22.5 Å². The SMILES string of the molecule is COc1ccccc1-n1c(SCC(=O)Nc2ccc(C)c(C)c2)nnc1-c1ccncc1. The maximum atomic E-state index is 12.6. The van der Waals surface area contributed by atoms with Crippen LogP contribution in [0, 0.1) is 13.8 Å². The number of carbonyl (C=O) groups is 1. The van der Waals surface area contributed by atoms with Gasteiger partial charge in [-0.15, -0.1) is 10.2 Å². The molecule has 0 saturated heterocycles. The van der Waals surface area contributed by atoms with Gasteiger partial charge >= 0.3 is 0 Å². The number of carbonyl (C=O) groups excluding carboxylic acids is 1. The van der Waals surface area contributed by atoms with Crippen LogP contribution in [0.3, 0.4) is 0 Å². The van der Waals surface area contributed by atoms with E-state index < -0.39 is 0 Å². The molecule has 4 rings (SSSR count). The first-order chi connectivity index (χ1) is 15.6. The van der Waals surface area contributed by atoms with Crippen LogP contribution in [0.2, 0.25) is 0 Å². The van der Waals surface area contributed by atoms with Crippen molar-refractivity contribution < 1.29 is 9.53 Å². The van der Waals surface area contributed by atoms with Gasteiger partial charge in [-0.1, -0.05) is 30.0 Å². The summed E-state index contributed by atoms with van der Waals surface area (Å²) in [6.45, 7) is 4.07. The van der Waals surface area contributed by atoms with Crippen LogP contribution in [0.4, 0.5) is 5.69 Å². The first-order valence-corrected chi connectivity index (χ1v) is 11.0. The third-order valence-corrected chi connectivity index (χ3v) is 5.95. The molecule has 1 amide bonds. The lowest BCUT2D eigenvalue weighted by Gasteiger charge is -2.14. The number of pyridine rings is 1. The normalized spacial score (nSPS) is 10.7. The number of benzene rings is 2. The highest BCUT2D eigenvalue weighted by Crippen LogP contribution is 2.32. The second-order valence-electron chi connectivity index (χ2n) is 7.19. The third kappa shape index (κ3) is 4.65. The van der Waals surface area contributed by atoms with Gasteiger partial charge in [-0.3, -0.25) is 14.3 Å². The van der Waals surface area contributed by atoms with Crippen LogP contribution in [0.25, 0.3) is 17.1 Å². The van der Waals surface area contributed by atoms with E-state index in [0.29, 0.717) is 16.7 Å². The molecule has 0 radical (unpaired) electrons. The number of methoxy groups -OCH3 is 1. The summed E-state index contributed by atoms with van der Waals surface area (Å²) in [5.74, 6) is 1.41. The number of amides is 1. The number of aryl methyl sites for hydroxylation is 2. The Hall–Kier alpha value is -3.65. The van der Waals surface area contributed by atoms with Gasteiger partial charge in [0, 0.05) is 23.6 Å². The van der Waals surface area contributed by atoms with Crippen molar-refractivity contribution in [1.82, 2.24) is 19.7 Å². The molecule has 0 bridgehead atoms. The standard InChI is InChI=1S/C24H23N5O2S/c1-16-8-9-19(14-17(16)2)26-22(30)15-32-24-28-27-23(18-10-12-25-13-11-18)29(24)20-6-4-5-7-21(20)31-3/h4-14H,15H2,1-3H3,(H,26,30). The molecule has 0 aliphatic carbocycles. The molecule has 0 saturated carbocycles. The van der Waals surface area contributed by atoms with E-state index in [2.05, 4.69) is 20.5 Å². The van der Waals surface area contributed by atoms with Crippen LogP contribution in [0.5, 0.6) is 5.75 Å². The largest absolute Gasteiger partial charge is 0.495 e. The minimum Gasteiger partial charge on any atom is -0.495 e. The average molecular weight is 446 g/mol. The molecule has 0 aliphatic rings. The lowest BCUT2D eigenvalue weighted by Crippen LogP contribution is -2.14. The Balaban J connectivity index is 1.62. The highest BCUT2D eigenvalue weighted by molar-refractivity contribution is 7.99. The number of nitrogens with zero attached hydrogens (tertiary/aromatic N) is 4. The van der Waals surface area contributed by atoms with Crippen LogP contribution in [-0.2, 0) is 4.79 Å². The number of ether oxygens (including phenoxy) is 1. The Morgan fingerprint density at radius 3 is 2.56 bits per heavy atom. The molecular weight excluding hydrogens is 422 g/mol. The first-order valence-electron chi connectivity index (χ1n) is 10.1. The fourth-order valence-corrected chi connectivity index (χ4v) is 3.97. The summed E-state index contributed by atoms with van der Waals surface area (Å²) < 4.78 is 7.47. The molecule has 2 aromatic heterocycles. The first kappa shape index (κ1) is 21.6. The zero-order chi connectivity index (χ0) is 22.5. The molecule has 162 valence electrons. The second-order valence-corrected chi connectivity index (χ2v) is 8.13.